The zero-order valence-corrected chi connectivity index (χ0v) is 14.7. The SMILES string of the molecule is CCCCCCCCCCCOc1ccc(-c2nnc(N)o2)cc1. The average Bonchev–Trinajstić information content (AvgIpc) is 3.03. The third kappa shape index (κ3) is 6.60. The van der Waals surface area contributed by atoms with Gasteiger partial charge in [-0.15, -0.1) is 5.10 Å². The number of aromatic nitrogens is 2. The molecule has 24 heavy (non-hydrogen) atoms. The van der Waals surface area contributed by atoms with Crippen LogP contribution >= 0.6 is 0 Å². The maximum absolute atomic E-state index is 5.77. The van der Waals surface area contributed by atoms with Gasteiger partial charge in [-0.1, -0.05) is 63.4 Å². The predicted molar refractivity (Wildman–Crippen MR) is 96.9 cm³/mol. The number of anilines is 1. The molecule has 5 heteroatoms. The summed E-state index contributed by atoms with van der Waals surface area (Å²) in [7, 11) is 0. The smallest absolute Gasteiger partial charge is 0.313 e. The lowest BCUT2D eigenvalue weighted by molar-refractivity contribution is 0.304. The number of nitrogens with zero attached hydrogens (tertiary/aromatic N) is 2. The molecule has 0 saturated heterocycles. The van der Waals surface area contributed by atoms with Crippen LogP contribution in [0.3, 0.4) is 0 Å². The Labute approximate surface area is 144 Å². The van der Waals surface area contributed by atoms with E-state index in [-0.39, 0.29) is 6.01 Å². The number of unbranched alkanes of at least 4 members (excludes halogenated alkanes) is 8. The molecule has 0 bridgehead atoms. The molecule has 0 saturated carbocycles. The summed E-state index contributed by atoms with van der Waals surface area (Å²) in [5.41, 5.74) is 6.27. The van der Waals surface area contributed by atoms with Crippen LogP contribution in [-0.2, 0) is 0 Å². The summed E-state index contributed by atoms with van der Waals surface area (Å²) in [5.74, 6) is 1.30. The molecular weight excluding hydrogens is 302 g/mol. The molecule has 1 aromatic carbocycles. The lowest BCUT2D eigenvalue weighted by atomic mass is 10.1. The van der Waals surface area contributed by atoms with Gasteiger partial charge in [0.05, 0.1) is 6.61 Å². The zero-order valence-electron chi connectivity index (χ0n) is 14.7. The van der Waals surface area contributed by atoms with Crippen molar-refractivity contribution in [3.63, 3.8) is 0 Å². The van der Waals surface area contributed by atoms with Crippen molar-refractivity contribution in [1.29, 1.82) is 0 Å². The fourth-order valence-corrected chi connectivity index (χ4v) is 2.65. The van der Waals surface area contributed by atoms with E-state index >= 15 is 0 Å². The van der Waals surface area contributed by atoms with Crippen molar-refractivity contribution in [2.45, 2.75) is 64.7 Å². The van der Waals surface area contributed by atoms with Crippen molar-refractivity contribution in [2.24, 2.45) is 0 Å². The van der Waals surface area contributed by atoms with Crippen molar-refractivity contribution in [3.05, 3.63) is 24.3 Å². The molecule has 5 nitrogen and oxygen atoms in total. The van der Waals surface area contributed by atoms with Crippen LogP contribution in [0.2, 0.25) is 0 Å². The van der Waals surface area contributed by atoms with Gasteiger partial charge in [-0.2, -0.15) is 0 Å². The Morgan fingerprint density at radius 1 is 0.875 bits per heavy atom. The highest BCUT2D eigenvalue weighted by molar-refractivity contribution is 5.54. The van der Waals surface area contributed by atoms with E-state index in [1.807, 2.05) is 24.3 Å². The van der Waals surface area contributed by atoms with E-state index in [0.29, 0.717) is 5.89 Å². The summed E-state index contributed by atoms with van der Waals surface area (Å²) >= 11 is 0. The summed E-state index contributed by atoms with van der Waals surface area (Å²) in [5, 5.41) is 7.51. The minimum absolute atomic E-state index is 0.0793. The van der Waals surface area contributed by atoms with Crippen molar-refractivity contribution in [1.82, 2.24) is 10.2 Å². The Morgan fingerprint density at radius 3 is 2.08 bits per heavy atom. The van der Waals surface area contributed by atoms with Crippen LogP contribution in [0.4, 0.5) is 6.01 Å². The Balaban J connectivity index is 1.55. The van der Waals surface area contributed by atoms with Crippen LogP contribution < -0.4 is 10.5 Å². The first-order valence-corrected chi connectivity index (χ1v) is 9.12. The second kappa shape index (κ2) is 10.7. The fourth-order valence-electron chi connectivity index (χ4n) is 2.65. The van der Waals surface area contributed by atoms with Gasteiger partial charge in [-0.25, -0.2) is 0 Å². The molecule has 1 heterocycles. The van der Waals surface area contributed by atoms with E-state index in [1.54, 1.807) is 0 Å². The van der Waals surface area contributed by atoms with E-state index in [9.17, 15) is 0 Å². The topological polar surface area (TPSA) is 74.2 Å². The van der Waals surface area contributed by atoms with Crippen LogP contribution in [0.5, 0.6) is 5.75 Å². The second-order valence-electron chi connectivity index (χ2n) is 6.15. The fraction of sp³-hybridized carbons (Fsp3) is 0.579. The van der Waals surface area contributed by atoms with Crippen LogP contribution in [0, 0.1) is 0 Å². The first-order valence-electron chi connectivity index (χ1n) is 9.12. The Hall–Kier alpha value is -2.04. The molecule has 1 aromatic heterocycles. The number of hydrogen-bond acceptors (Lipinski definition) is 5. The molecule has 0 aliphatic rings. The number of nitrogens with two attached hydrogens (primary N) is 1. The van der Waals surface area contributed by atoms with E-state index in [1.165, 1.54) is 51.4 Å². The van der Waals surface area contributed by atoms with Crippen molar-refractivity contribution < 1.29 is 9.15 Å². The molecule has 0 unspecified atom stereocenters. The molecule has 2 rings (SSSR count). The molecule has 0 spiro atoms. The van der Waals surface area contributed by atoms with Crippen molar-refractivity contribution >= 4 is 6.01 Å². The van der Waals surface area contributed by atoms with Crippen LogP contribution in [-0.4, -0.2) is 16.8 Å². The second-order valence-corrected chi connectivity index (χ2v) is 6.15. The average molecular weight is 331 g/mol. The highest BCUT2D eigenvalue weighted by atomic mass is 16.5. The predicted octanol–water partition coefficient (Wildman–Crippen LogP) is 5.23. The first-order chi connectivity index (χ1) is 11.8. The third-order valence-electron chi connectivity index (χ3n) is 4.06. The number of nitrogen functional groups attached to an aromatic ring is 1. The van der Waals surface area contributed by atoms with Gasteiger partial charge in [0.15, 0.2) is 0 Å². The van der Waals surface area contributed by atoms with Crippen molar-refractivity contribution in [3.8, 4) is 17.2 Å². The molecule has 0 amide bonds. The van der Waals surface area contributed by atoms with Gasteiger partial charge in [-0.05, 0) is 30.7 Å². The van der Waals surface area contributed by atoms with Gasteiger partial charge in [-0.3, -0.25) is 0 Å². The number of benzene rings is 1. The maximum atomic E-state index is 5.77. The minimum Gasteiger partial charge on any atom is -0.494 e. The lowest BCUT2D eigenvalue weighted by Crippen LogP contribution is -1.97. The molecule has 132 valence electrons. The third-order valence-corrected chi connectivity index (χ3v) is 4.06. The van der Waals surface area contributed by atoms with Crippen LogP contribution in [0.1, 0.15) is 64.7 Å². The summed E-state index contributed by atoms with van der Waals surface area (Å²) in [6, 6.07) is 7.72. The summed E-state index contributed by atoms with van der Waals surface area (Å²) in [6.07, 6.45) is 11.9. The van der Waals surface area contributed by atoms with Crippen LogP contribution in [0.25, 0.3) is 11.5 Å². The lowest BCUT2D eigenvalue weighted by Gasteiger charge is -2.06. The van der Waals surface area contributed by atoms with Gasteiger partial charge in [0.25, 0.3) is 0 Å². The molecule has 2 aromatic rings. The molecular formula is C19H29N3O2. The molecule has 0 radical (unpaired) electrons. The van der Waals surface area contributed by atoms with Crippen LogP contribution in [0.15, 0.2) is 28.7 Å². The standard InChI is InChI=1S/C19H29N3O2/c1-2-3-4-5-6-7-8-9-10-15-23-17-13-11-16(12-14-17)18-21-22-19(20)24-18/h11-14H,2-10,15H2,1H3,(H2,20,22). The Morgan fingerprint density at radius 2 is 1.50 bits per heavy atom. The number of rotatable bonds is 12. The molecule has 0 fully saturated rings. The summed E-state index contributed by atoms with van der Waals surface area (Å²) in [4.78, 5) is 0. The Bertz CT molecular complexity index is 566. The van der Waals surface area contributed by atoms with Gasteiger partial charge in [0.1, 0.15) is 5.75 Å². The van der Waals surface area contributed by atoms with E-state index < -0.39 is 0 Å². The first kappa shape index (κ1) is 18.3. The van der Waals surface area contributed by atoms with Gasteiger partial charge < -0.3 is 14.9 Å². The van der Waals surface area contributed by atoms with Gasteiger partial charge >= 0.3 is 6.01 Å². The highest BCUT2D eigenvalue weighted by Crippen LogP contribution is 2.22. The summed E-state index contributed by atoms with van der Waals surface area (Å²) < 4.78 is 11.0. The normalized spacial score (nSPS) is 10.9. The van der Waals surface area contributed by atoms with E-state index in [4.69, 9.17) is 14.9 Å². The summed E-state index contributed by atoms with van der Waals surface area (Å²) in [6.45, 7) is 3.03. The molecule has 2 N–H and O–H groups in total. The van der Waals surface area contributed by atoms with E-state index in [0.717, 1.165) is 24.3 Å². The van der Waals surface area contributed by atoms with E-state index in [2.05, 4.69) is 17.1 Å². The number of ether oxygens (including phenoxy) is 1. The molecule has 0 atom stereocenters. The minimum atomic E-state index is 0.0793. The maximum Gasteiger partial charge on any atom is 0.313 e. The quantitative estimate of drug-likeness (QED) is 0.539. The number of hydrogen-bond donors (Lipinski definition) is 1. The Kier molecular flexibility index (Phi) is 8.15. The zero-order chi connectivity index (χ0) is 17.0. The van der Waals surface area contributed by atoms with Crippen molar-refractivity contribution in [2.75, 3.05) is 12.3 Å². The largest absolute Gasteiger partial charge is 0.494 e. The highest BCUT2D eigenvalue weighted by Gasteiger charge is 2.06. The molecule has 0 aliphatic carbocycles. The molecule has 0 aliphatic heterocycles. The monoisotopic (exact) mass is 331 g/mol. The van der Waals surface area contributed by atoms with Gasteiger partial charge in [0, 0.05) is 5.56 Å². The van der Waals surface area contributed by atoms with Gasteiger partial charge in [0.2, 0.25) is 5.89 Å².